The van der Waals surface area contributed by atoms with Crippen LogP contribution in [-0.4, -0.2) is 49.0 Å². The van der Waals surface area contributed by atoms with Gasteiger partial charge in [-0.2, -0.15) is 11.3 Å². The number of nitrogens with zero attached hydrogens (tertiary/aromatic N) is 1. The van der Waals surface area contributed by atoms with Gasteiger partial charge in [0.05, 0.1) is 12.7 Å². The molecule has 4 heteroatoms. The molecule has 0 amide bonds. The second-order valence-electron chi connectivity index (χ2n) is 4.90. The van der Waals surface area contributed by atoms with Crippen LogP contribution < -0.4 is 0 Å². The van der Waals surface area contributed by atoms with Crippen molar-refractivity contribution in [2.45, 2.75) is 31.4 Å². The van der Waals surface area contributed by atoms with E-state index in [4.69, 9.17) is 4.74 Å². The van der Waals surface area contributed by atoms with Crippen molar-refractivity contribution in [1.82, 2.24) is 4.90 Å². The normalized spacial score (nSPS) is 27.5. The van der Waals surface area contributed by atoms with Gasteiger partial charge < -0.3 is 9.84 Å². The summed E-state index contributed by atoms with van der Waals surface area (Å²) in [5.74, 6) is 0.631. The van der Waals surface area contributed by atoms with Crippen LogP contribution >= 0.6 is 11.3 Å². The predicted octanol–water partition coefficient (Wildman–Crippen LogP) is 1.93. The molecule has 3 nitrogen and oxygen atoms in total. The Kier molecular flexibility index (Phi) is 4.56. The number of hydrogen-bond donors (Lipinski definition) is 1. The van der Waals surface area contributed by atoms with Crippen LogP contribution in [-0.2, 0) is 4.74 Å². The van der Waals surface area contributed by atoms with Gasteiger partial charge in [0.2, 0.25) is 0 Å². The number of hydrogen-bond acceptors (Lipinski definition) is 4. The van der Waals surface area contributed by atoms with Crippen molar-refractivity contribution in [2.75, 3.05) is 26.8 Å². The first-order valence-corrected chi connectivity index (χ1v) is 7.08. The van der Waals surface area contributed by atoms with Crippen molar-refractivity contribution < 1.29 is 9.84 Å². The largest absolute Gasteiger partial charge is 0.389 e. The van der Waals surface area contributed by atoms with Gasteiger partial charge in [0, 0.05) is 26.2 Å². The Balaban J connectivity index is 1.89. The van der Waals surface area contributed by atoms with E-state index in [9.17, 15) is 5.11 Å². The first kappa shape index (κ1) is 13.0. The molecule has 0 aromatic carbocycles. The smallest absolute Gasteiger partial charge is 0.0900 e. The molecule has 1 N–H and O–H groups in total. The van der Waals surface area contributed by atoms with Crippen LogP contribution in [0.3, 0.4) is 0 Å². The van der Waals surface area contributed by atoms with Crippen LogP contribution in [0.5, 0.6) is 0 Å². The van der Waals surface area contributed by atoms with E-state index in [1.165, 1.54) is 12.0 Å². The van der Waals surface area contributed by atoms with Crippen molar-refractivity contribution in [2.24, 2.45) is 0 Å². The molecule has 0 saturated carbocycles. The average Bonchev–Trinajstić information content (AvgIpc) is 2.89. The molecule has 1 saturated heterocycles. The van der Waals surface area contributed by atoms with Gasteiger partial charge in [0.25, 0.3) is 0 Å². The SMILES string of the molecule is COC[C@@H](O)CN1C[C@H](c2ccsc2)C[C@@H]1C. The first-order valence-electron chi connectivity index (χ1n) is 6.14. The fourth-order valence-corrected chi connectivity index (χ4v) is 3.36. The second-order valence-corrected chi connectivity index (χ2v) is 5.68. The Hall–Kier alpha value is -0.420. The van der Waals surface area contributed by atoms with Gasteiger partial charge in [-0.15, -0.1) is 0 Å². The van der Waals surface area contributed by atoms with Gasteiger partial charge in [0.15, 0.2) is 0 Å². The number of rotatable bonds is 5. The lowest BCUT2D eigenvalue weighted by atomic mass is 10.00. The zero-order chi connectivity index (χ0) is 12.3. The summed E-state index contributed by atoms with van der Waals surface area (Å²) in [5.41, 5.74) is 1.45. The topological polar surface area (TPSA) is 32.7 Å². The summed E-state index contributed by atoms with van der Waals surface area (Å²) < 4.78 is 4.97. The molecular formula is C13H21NO2S. The number of aliphatic hydroxyl groups excluding tert-OH is 1. The van der Waals surface area contributed by atoms with Crippen LogP contribution in [0, 0.1) is 0 Å². The fourth-order valence-electron chi connectivity index (χ4n) is 2.62. The molecule has 2 rings (SSSR count). The van der Waals surface area contributed by atoms with Crippen LogP contribution in [0.2, 0.25) is 0 Å². The molecule has 0 unspecified atom stereocenters. The molecule has 0 spiro atoms. The van der Waals surface area contributed by atoms with Crippen LogP contribution in [0.25, 0.3) is 0 Å². The van der Waals surface area contributed by atoms with Gasteiger partial charge in [-0.1, -0.05) is 0 Å². The molecule has 1 aromatic rings. The van der Waals surface area contributed by atoms with E-state index < -0.39 is 0 Å². The summed E-state index contributed by atoms with van der Waals surface area (Å²) in [7, 11) is 1.63. The van der Waals surface area contributed by atoms with Crippen molar-refractivity contribution in [1.29, 1.82) is 0 Å². The van der Waals surface area contributed by atoms with Crippen molar-refractivity contribution in [3.05, 3.63) is 22.4 Å². The highest BCUT2D eigenvalue weighted by molar-refractivity contribution is 7.07. The molecule has 0 aliphatic carbocycles. The number of likely N-dealkylation sites (tertiary alicyclic amines) is 1. The maximum Gasteiger partial charge on any atom is 0.0900 e. The quantitative estimate of drug-likeness (QED) is 0.872. The van der Waals surface area contributed by atoms with Crippen LogP contribution in [0.15, 0.2) is 16.8 Å². The third-order valence-corrected chi connectivity index (χ3v) is 4.22. The van der Waals surface area contributed by atoms with E-state index >= 15 is 0 Å². The summed E-state index contributed by atoms with van der Waals surface area (Å²) in [6.07, 6.45) is 0.819. The molecule has 1 fully saturated rings. The fraction of sp³-hybridized carbons (Fsp3) is 0.692. The molecule has 1 aromatic heterocycles. The minimum absolute atomic E-state index is 0.372. The maximum absolute atomic E-state index is 9.78. The Labute approximate surface area is 107 Å². The highest BCUT2D eigenvalue weighted by atomic mass is 32.1. The van der Waals surface area contributed by atoms with E-state index in [1.807, 2.05) is 0 Å². The number of aliphatic hydroxyl groups is 1. The van der Waals surface area contributed by atoms with Gasteiger partial charge >= 0.3 is 0 Å². The van der Waals surface area contributed by atoms with E-state index in [2.05, 4.69) is 28.7 Å². The number of β-amino-alcohol motifs (C(OH)–C–C–N with tert-alkyl or cyclic N) is 1. The molecular weight excluding hydrogens is 234 g/mol. The molecule has 1 aliphatic rings. The summed E-state index contributed by atoms with van der Waals surface area (Å²) >= 11 is 1.76. The van der Waals surface area contributed by atoms with E-state index in [0.29, 0.717) is 18.6 Å². The molecule has 0 bridgehead atoms. The Bertz CT molecular complexity index is 328. The number of ether oxygens (including phenoxy) is 1. The lowest BCUT2D eigenvalue weighted by Gasteiger charge is -2.23. The van der Waals surface area contributed by atoms with Crippen molar-refractivity contribution in [3.8, 4) is 0 Å². The predicted molar refractivity (Wildman–Crippen MR) is 70.6 cm³/mol. The zero-order valence-electron chi connectivity index (χ0n) is 10.5. The van der Waals surface area contributed by atoms with Crippen molar-refractivity contribution in [3.63, 3.8) is 0 Å². The molecule has 3 atom stereocenters. The number of methoxy groups -OCH3 is 1. The highest BCUT2D eigenvalue weighted by Crippen LogP contribution is 2.32. The lowest BCUT2D eigenvalue weighted by molar-refractivity contribution is 0.0360. The maximum atomic E-state index is 9.78. The first-order chi connectivity index (χ1) is 8.20. The Morgan fingerprint density at radius 2 is 2.47 bits per heavy atom. The molecule has 0 radical (unpaired) electrons. The summed E-state index contributed by atoms with van der Waals surface area (Å²) in [5, 5.41) is 14.2. The summed E-state index contributed by atoms with van der Waals surface area (Å²) in [4.78, 5) is 2.37. The monoisotopic (exact) mass is 255 g/mol. The van der Waals surface area contributed by atoms with Crippen molar-refractivity contribution >= 4 is 11.3 Å². The van der Waals surface area contributed by atoms with Gasteiger partial charge in [0.1, 0.15) is 0 Å². The van der Waals surface area contributed by atoms with E-state index in [-0.39, 0.29) is 6.10 Å². The standard InChI is InChI=1S/C13H21NO2S/c1-10-5-12(11-3-4-17-9-11)6-14(10)7-13(15)8-16-2/h3-4,9-10,12-13,15H,5-8H2,1-2H3/t10-,12+,13-/m0/s1. The molecule has 2 heterocycles. The molecule has 96 valence electrons. The zero-order valence-corrected chi connectivity index (χ0v) is 11.3. The number of thiophene rings is 1. The van der Waals surface area contributed by atoms with Gasteiger partial charge in [-0.05, 0) is 41.7 Å². The summed E-state index contributed by atoms with van der Waals surface area (Å²) in [6, 6.07) is 2.77. The van der Waals surface area contributed by atoms with Crippen LogP contribution in [0.1, 0.15) is 24.8 Å². The average molecular weight is 255 g/mol. The van der Waals surface area contributed by atoms with Gasteiger partial charge in [-0.3, -0.25) is 4.90 Å². The van der Waals surface area contributed by atoms with Gasteiger partial charge in [-0.25, -0.2) is 0 Å². The third-order valence-electron chi connectivity index (χ3n) is 3.52. The summed E-state index contributed by atoms with van der Waals surface area (Å²) in [6.45, 7) is 4.44. The van der Waals surface area contributed by atoms with E-state index in [0.717, 1.165) is 13.1 Å². The molecule has 17 heavy (non-hydrogen) atoms. The molecule has 1 aliphatic heterocycles. The highest BCUT2D eigenvalue weighted by Gasteiger charge is 2.31. The lowest BCUT2D eigenvalue weighted by Crippen LogP contribution is -2.36. The van der Waals surface area contributed by atoms with Crippen LogP contribution in [0.4, 0.5) is 0 Å². The second kappa shape index (κ2) is 5.96. The Morgan fingerprint density at radius 3 is 3.12 bits per heavy atom. The third kappa shape index (κ3) is 3.28. The minimum Gasteiger partial charge on any atom is -0.389 e. The minimum atomic E-state index is -0.372. The van der Waals surface area contributed by atoms with E-state index in [1.54, 1.807) is 18.4 Å². The Morgan fingerprint density at radius 1 is 1.65 bits per heavy atom.